The first-order chi connectivity index (χ1) is 14.1. The van der Waals surface area contributed by atoms with E-state index in [4.69, 9.17) is 23.7 Å². The van der Waals surface area contributed by atoms with Crippen molar-refractivity contribution in [1.82, 2.24) is 0 Å². The largest absolute Gasteiger partial charge is 0.507 e. The van der Waals surface area contributed by atoms with Gasteiger partial charge in [0.15, 0.2) is 12.6 Å². The SMILES string of the molecule is COC(C)Oc1ccc(C2(C)CC(C)(C)Oc3cc(OC(C)OC)ccc32)c(O)c1. The van der Waals surface area contributed by atoms with Gasteiger partial charge in [-0.2, -0.15) is 0 Å². The zero-order valence-electron chi connectivity index (χ0n) is 18.8. The summed E-state index contributed by atoms with van der Waals surface area (Å²) in [4.78, 5) is 0. The van der Waals surface area contributed by atoms with E-state index < -0.39 is 17.3 Å². The Bertz CT molecular complexity index is 893. The number of phenols is 1. The highest BCUT2D eigenvalue weighted by Gasteiger charge is 2.44. The van der Waals surface area contributed by atoms with Crippen molar-refractivity contribution < 1.29 is 28.8 Å². The van der Waals surface area contributed by atoms with Crippen LogP contribution in [0.3, 0.4) is 0 Å². The maximum atomic E-state index is 10.9. The fraction of sp³-hybridized carbons (Fsp3) is 0.500. The van der Waals surface area contributed by atoms with Crippen molar-refractivity contribution in [3.05, 3.63) is 47.5 Å². The van der Waals surface area contributed by atoms with E-state index in [0.717, 1.165) is 16.9 Å². The van der Waals surface area contributed by atoms with Crippen LogP contribution in [0.1, 0.15) is 52.2 Å². The van der Waals surface area contributed by atoms with E-state index >= 15 is 0 Å². The molecule has 0 aromatic heterocycles. The minimum absolute atomic E-state index is 0.176. The topological polar surface area (TPSA) is 66.4 Å². The average Bonchev–Trinajstić information content (AvgIpc) is 2.66. The second kappa shape index (κ2) is 8.36. The molecule has 0 spiro atoms. The zero-order chi connectivity index (χ0) is 22.1. The number of hydrogen-bond donors (Lipinski definition) is 1. The molecule has 0 aliphatic carbocycles. The van der Waals surface area contributed by atoms with Crippen molar-refractivity contribution in [1.29, 1.82) is 0 Å². The number of aromatic hydroxyl groups is 1. The smallest absolute Gasteiger partial charge is 0.196 e. The van der Waals surface area contributed by atoms with Crippen LogP contribution in [-0.2, 0) is 14.9 Å². The second-order valence-corrected chi connectivity index (χ2v) is 8.55. The molecule has 6 heteroatoms. The summed E-state index contributed by atoms with van der Waals surface area (Å²) in [5.41, 5.74) is 0.919. The van der Waals surface area contributed by atoms with E-state index in [1.807, 2.05) is 51.1 Å². The molecule has 0 fully saturated rings. The predicted octanol–water partition coefficient (Wildman–Crippen LogP) is 5.00. The first kappa shape index (κ1) is 22.2. The Labute approximate surface area is 178 Å². The molecular weight excluding hydrogens is 384 g/mol. The predicted molar refractivity (Wildman–Crippen MR) is 115 cm³/mol. The molecule has 3 atom stereocenters. The molecule has 0 saturated heterocycles. The van der Waals surface area contributed by atoms with Crippen LogP contribution in [0.5, 0.6) is 23.0 Å². The van der Waals surface area contributed by atoms with Crippen LogP contribution in [0.2, 0.25) is 0 Å². The molecule has 2 aromatic rings. The fourth-order valence-electron chi connectivity index (χ4n) is 4.17. The summed E-state index contributed by atoms with van der Waals surface area (Å²) < 4.78 is 28.1. The Hall–Kier alpha value is -2.44. The summed E-state index contributed by atoms with van der Waals surface area (Å²) in [7, 11) is 3.18. The molecule has 3 unspecified atom stereocenters. The molecule has 1 N–H and O–H groups in total. The number of phenolic OH excluding ortho intramolecular Hbond substituents is 1. The minimum Gasteiger partial charge on any atom is -0.507 e. The van der Waals surface area contributed by atoms with Gasteiger partial charge in [-0.15, -0.1) is 0 Å². The lowest BCUT2D eigenvalue weighted by Crippen LogP contribution is -2.43. The van der Waals surface area contributed by atoms with E-state index in [1.165, 1.54) is 0 Å². The number of hydrogen-bond acceptors (Lipinski definition) is 6. The van der Waals surface area contributed by atoms with E-state index in [1.54, 1.807) is 27.2 Å². The first-order valence-corrected chi connectivity index (χ1v) is 10.1. The third-order valence-electron chi connectivity index (χ3n) is 5.54. The fourth-order valence-corrected chi connectivity index (χ4v) is 4.17. The lowest BCUT2D eigenvalue weighted by Gasteiger charge is -2.45. The summed E-state index contributed by atoms with van der Waals surface area (Å²) in [6, 6.07) is 11.2. The lowest BCUT2D eigenvalue weighted by atomic mass is 9.67. The molecule has 0 saturated carbocycles. The highest BCUT2D eigenvalue weighted by Crippen LogP contribution is 2.51. The number of benzene rings is 2. The Morgan fingerprint density at radius 2 is 1.40 bits per heavy atom. The first-order valence-electron chi connectivity index (χ1n) is 10.1. The van der Waals surface area contributed by atoms with Gasteiger partial charge in [0.2, 0.25) is 0 Å². The molecule has 1 heterocycles. The third kappa shape index (κ3) is 4.50. The maximum absolute atomic E-state index is 10.9. The standard InChI is InChI=1S/C24H32O6/c1-15(26-6)28-17-8-10-19(21(25)12-17)24(5)14-23(3,4)30-22-13-18(9-11-20(22)24)29-16(2)27-7/h8-13,15-16,25H,14H2,1-7H3. The monoisotopic (exact) mass is 416 g/mol. The Morgan fingerprint density at radius 1 is 0.867 bits per heavy atom. The highest BCUT2D eigenvalue weighted by molar-refractivity contribution is 5.56. The summed E-state index contributed by atoms with van der Waals surface area (Å²) in [6.45, 7) is 9.86. The van der Waals surface area contributed by atoms with Crippen LogP contribution in [-0.4, -0.2) is 37.5 Å². The molecule has 1 aliphatic rings. The minimum atomic E-state index is -0.460. The number of rotatable bonds is 7. The van der Waals surface area contributed by atoms with Gasteiger partial charge in [0, 0.05) is 49.3 Å². The Kier molecular flexibility index (Phi) is 6.20. The van der Waals surface area contributed by atoms with Crippen LogP contribution in [0.15, 0.2) is 36.4 Å². The van der Waals surface area contributed by atoms with Gasteiger partial charge in [-0.25, -0.2) is 0 Å². The van der Waals surface area contributed by atoms with E-state index in [9.17, 15) is 5.11 Å². The average molecular weight is 417 g/mol. The molecule has 30 heavy (non-hydrogen) atoms. The quantitative estimate of drug-likeness (QED) is 0.641. The zero-order valence-corrected chi connectivity index (χ0v) is 18.8. The molecule has 3 rings (SSSR count). The summed E-state index contributed by atoms with van der Waals surface area (Å²) in [5, 5.41) is 10.9. The molecular formula is C24H32O6. The number of methoxy groups -OCH3 is 2. The molecule has 2 aromatic carbocycles. The number of ether oxygens (including phenoxy) is 5. The number of fused-ring (bicyclic) bond motifs is 1. The van der Waals surface area contributed by atoms with E-state index in [-0.39, 0.29) is 12.0 Å². The van der Waals surface area contributed by atoms with Crippen molar-refractivity contribution >= 4 is 0 Å². The second-order valence-electron chi connectivity index (χ2n) is 8.55. The molecule has 0 amide bonds. The normalized spacial score (nSPS) is 21.8. The van der Waals surface area contributed by atoms with E-state index in [2.05, 4.69) is 6.92 Å². The summed E-state index contributed by atoms with van der Waals surface area (Å²) in [5.74, 6) is 2.14. The van der Waals surface area contributed by atoms with Crippen molar-refractivity contribution in [3.8, 4) is 23.0 Å². The van der Waals surface area contributed by atoms with Crippen molar-refractivity contribution in [2.24, 2.45) is 0 Å². The van der Waals surface area contributed by atoms with Gasteiger partial charge in [0.25, 0.3) is 0 Å². The van der Waals surface area contributed by atoms with Gasteiger partial charge >= 0.3 is 0 Å². The van der Waals surface area contributed by atoms with Crippen LogP contribution in [0, 0.1) is 0 Å². The van der Waals surface area contributed by atoms with Crippen LogP contribution >= 0.6 is 0 Å². The Balaban J connectivity index is 2.03. The van der Waals surface area contributed by atoms with Crippen LogP contribution in [0.4, 0.5) is 0 Å². The lowest BCUT2D eigenvalue weighted by molar-refractivity contribution is -0.0387. The van der Waals surface area contributed by atoms with Crippen LogP contribution in [0.25, 0.3) is 0 Å². The maximum Gasteiger partial charge on any atom is 0.196 e. The Morgan fingerprint density at radius 3 is 1.93 bits per heavy atom. The van der Waals surface area contributed by atoms with Gasteiger partial charge in [0.1, 0.15) is 28.6 Å². The van der Waals surface area contributed by atoms with Crippen LogP contribution < -0.4 is 14.2 Å². The third-order valence-corrected chi connectivity index (χ3v) is 5.54. The van der Waals surface area contributed by atoms with Gasteiger partial charge in [0.05, 0.1) is 0 Å². The van der Waals surface area contributed by atoms with Gasteiger partial charge in [-0.05, 0) is 39.8 Å². The summed E-state index contributed by atoms with van der Waals surface area (Å²) in [6.07, 6.45) is -0.0669. The van der Waals surface area contributed by atoms with Gasteiger partial charge in [-0.3, -0.25) is 0 Å². The summed E-state index contributed by atoms with van der Waals surface area (Å²) >= 11 is 0. The molecule has 0 bridgehead atoms. The van der Waals surface area contributed by atoms with Crippen molar-refractivity contribution in [2.75, 3.05) is 14.2 Å². The van der Waals surface area contributed by atoms with E-state index in [0.29, 0.717) is 17.9 Å². The van der Waals surface area contributed by atoms with Gasteiger partial charge < -0.3 is 28.8 Å². The molecule has 1 aliphatic heterocycles. The molecule has 0 radical (unpaired) electrons. The van der Waals surface area contributed by atoms with Crippen molar-refractivity contribution in [2.45, 2.75) is 64.6 Å². The molecule has 164 valence electrons. The highest BCUT2D eigenvalue weighted by atomic mass is 16.7. The molecule has 6 nitrogen and oxygen atoms in total. The van der Waals surface area contributed by atoms with Crippen molar-refractivity contribution in [3.63, 3.8) is 0 Å². The van der Waals surface area contributed by atoms with Gasteiger partial charge in [-0.1, -0.05) is 19.1 Å².